The molecule has 4 N–H and O–H groups in total. The molecule has 94 valence electrons. The summed E-state index contributed by atoms with van der Waals surface area (Å²) in [6.07, 6.45) is 0. The smallest absolute Gasteiger partial charge is 0.262 e. The van der Waals surface area contributed by atoms with Gasteiger partial charge in [-0.2, -0.15) is 0 Å². The number of hydrogen-bond acceptors (Lipinski definition) is 4. The summed E-state index contributed by atoms with van der Waals surface area (Å²) in [6.45, 7) is 0. The summed E-state index contributed by atoms with van der Waals surface area (Å²) in [4.78, 5) is 13.5. The summed E-state index contributed by atoms with van der Waals surface area (Å²) in [7, 11) is -3.72. The van der Waals surface area contributed by atoms with Crippen LogP contribution in [0.4, 0.5) is 11.5 Å². The highest BCUT2D eigenvalue weighted by molar-refractivity contribution is 7.92. The number of hydrogen-bond donors (Lipinski definition) is 3. The topological polar surface area (TPSA) is 105 Å². The third kappa shape index (κ3) is 2.69. The van der Waals surface area contributed by atoms with Crippen LogP contribution in [0.5, 0.6) is 0 Å². The van der Waals surface area contributed by atoms with Gasteiger partial charge in [-0.05, 0) is 30.3 Å². The van der Waals surface area contributed by atoms with Gasteiger partial charge in [-0.1, -0.05) is 6.07 Å². The standard InChI is InChI=1S/C11H11N3O3S/c12-8-4-6-9(7-5-8)18(16,17)14-10-2-1-3-11(15)13-10/h1-7H,12H2,(H2,13,14,15). The van der Waals surface area contributed by atoms with Gasteiger partial charge >= 0.3 is 0 Å². The minimum absolute atomic E-state index is 0.0707. The molecule has 0 aliphatic heterocycles. The predicted octanol–water partition coefficient (Wildman–Crippen LogP) is 0.758. The maximum atomic E-state index is 12.0. The predicted molar refractivity (Wildman–Crippen MR) is 68.7 cm³/mol. The molecule has 6 nitrogen and oxygen atoms in total. The fraction of sp³-hybridized carbons (Fsp3) is 0. The van der Waals surface area contributed by atoms with Gasteiger partial charge in [0.15, 0.2) is 0 Å². The van der Waals surface area contributed by atoms with Crippen molar-refractivity contribution in [3.63, 3.8) is 0 Å². The van der Waals surface area contributed by atoms with Crippen LogP contribution in [-0.2, 0) is 10.0 Å². The summed E-state index contributed by atoms with van der Waals surface area (Å²) in [6, 6.07) is 9.96. The van der Waals surface area contributed by atoms with Crippen molar-refractivity contribution in [2.24, 2.45) is 0 Å². The molecule has 0 amide bonds. The zero-order valence-electron chi connectivity index (χ0n) is 9.25. The van der Waals surface area contributed by atoms with E-state index in [1.165, 1.54) is 42.5 Å². The Labute approximate surface area is 104 Å². The van der Waals surface area contributed by atoms with Crippen molar-refractivity contribution in [2.45, 2.75) is 4.90 Å². The Morgan fingerprint density at radius 2 is 1.72 bits per heavy atom. The molecular formula is C11H11N3O3S. The Hall–Kier alpha value is -2.28. The number of benzene rings is 1. The Kier molecular flexibility index (Phi) is 3.07. The van der Waals surface area contributed by atoms with Crippen molar-refractivity contribution in [2.75, 3.05) is 10.5 Å². The number of rotatable bonds is 3. The summed E-state index contributed by atoms with van der Waals surface area (Å²) in [5.41, 5.74) is 5.57. The fourth-order valence-corrected chi connectivity index (χ4v) is 2.38. The van der Waals surface area contributed by atoms with E-state index in [1.807, 2.05) is 0 Å². The lowest BCUT2D eigenvalue weighted by molar-refractivity contribution is 0.601. The highest BCUT2D eigenvalue weighted by atomic mass is 32.2. The molecule has 0 bridgehead atoms. The molecule has 1 aromatic heterocycles. The Morgan fingerprint density at radius 3 is 2.33 bits per heavy atom. The lowest BCUT2D eigenvalue weighted by atomic mass is 10.3. The maximum Gasteiger partial charge on any atom is 0.262 e. The third-order valence-corrected chi connectivity index (χ3v) is 3.58. The number of pyridine rings is 1. The maximum absolute atomic E-state index is 12.0. The van der Waals surface area contributed by atoms with Crippen molar-refractivity contribution in [3.8, 4) is 0 Å². The van der Waals surface area contributed by atoms with Crippen LogP contribution in [0.3, 0.4) is 0 Å². The van der Waals surface area contributed by atoms with Crippen LogP contribution in [-0.4, -0.2) is 13.4 Å². The molecule has 0 atom stereocenters. The minimum Gasteiger partial charge on any atom is -0.399 e. The van der Waals surface area contributed by atoms with Gasteiger partial charge < -0.3 is 10.7 Å². The van der Waals surface area contributed by atoms with Crippen LogP contribution in [0.1, 0.15) is 0 Å². The highest BCUT2D eigenvalue weighted by Crippen LogP contribution is 2.14. The number of nitrogen functional groups attached to an aromatic ring is 1. The van der Waals surface area contributed by atoms with Gasteiger partial charge in [0.25, 0.3) is 10.0 Å². The summed E-state index contributed by atoms with van der Waals surface area (Å²) in [5.74, 6) is 0.110. The monoisotopic (exact) mass is 265 g/mol. The summed E-state index contributed by atoms with van der Waals surface area (Å²) in [5, 5.41) is 0. The fourth-order valence-electron chi connectivity index (χ4n) is 1.36. The van der Waals surface area contributed by atoms with E-state index in [4.69, 9.17) is 5.73 Å². The van der Waals surface area contributed by atoms with E-state index >= 15 is 0 Å². The molecule has 0 radical (unpaired) electrons. The van der Waals surface area contributed by atoms with Crippen LogP contribution in [0.15, 0.2) is 52.2 Å². The van der Waals surface area contributed by atoms with Gasteiger partial charge in [-0.3, -0.25) is 9.52 Å². The van der Waals surface area contributed by atoms with E-state index in [0.717, 1.165) is 0 Å². The molecule has 1 aromatic carbocycles. The summed E-state index contributed by atoms with van der Waals surface area (Å²) >= 11 is 0. The van der Waals surface area contributed by atoms with Gasteiger partial charge in [0.1, 0.15) is 5.82 Å². The largest absolute Gasteiger partial charge is 0.399 e. The van der Waals surface area contributed by atoms with Crippen LogP contribution in [0.2, 0.25) is 0 Å². The van der Waals surface area contributed by atoms with Crippen molar-refractivity contribution in [1.82, 2.24) is 4.98 Å². The van der Waals surface area contributed by atoms with Crippen LogP contribution >= 0.6 is 0 Å². The second-order valence-corrected chi connectivity index (χ2v) is 5.29. The molecular weight excluding hydrogens is 254 g/mol. The molecule has 0 aliphatic rings. The number of nitrogens with two attached hydrogens (primary N) is 1. The molecule has 0 saturated carbocycles. The first-order valence-corrected chi connectivity index (χ1v) is 6.53. The highest BCUT2D eigenvalue weighted by Gasteiger charge is 2.13. The van der Waals surface area contributed by atoms with Gasteiger partial charge in [0, 0.05) is 11.8 Å². The Morgan fingerprint density at radius 1 is 1.06 bits per heavy atom. The van der Waals surface area contributed by atoms with Gasteiger partial charge in [0.2, 0.25) is 5.56 Å². The molecule has 0 saturated heterocycles. The van der Waals surface area contributed by atoms with Crippen LogP contribution in [0.25, 0.3) is 0 Å². The zero-order valence-corrected chi connectivity index (χ0v) is 10.1. The second kappa shape index (κ2) is 4.53. The molecule has 2 rings (SSSR count). The van der Waals surface area contributed by atoms with E-state index in [2.05, 4.69) is 9.71 Å². The number of aromatic amines is 1. The average Bonchev–Trinajstić information content (AvgIpc) is 2.29. The molecule has 0 aliphatic carbocycles. The van der Waals surface area contributed by atoms with E-state index in [9.17, 15) is 13.2 Å². The number of nitrogens with one attached hydrogen (secondary N) is 2. The molecule has 0 unspecified atom stereocenters. The quantitative estimate of drug-likeness (QED) is 0.712. The first-order chi connectivity index (χ1) is 8.47. The number of aromatic nitrogens is 1. The van der Waals surface area contributed by atoms with Crippen molar-refractivity contribution in [3.05, 3.63) is 52.8 Å². The van der Waals surface area contributed by atoms with Crippen LogP contribution < -0.4 is 16.0 Å². The lowest BCUT2D eigenvalue weighted by Gasteiger charge is -2.07. The zero-order chi connectivity index (χ0) is 13.2. The Balaban J connectivity index is 2.33. The first-order valence-electron chi connectivity index (χ1n) is 5.05. The van der Waals surface area contributed by atoms with Gasteiger partial charge in [-0.15, -0.1) is 0 Å². The van der Waals surface area contributed by atoms with E-state index in [-0.39, 0.29) is 16.3 Å². The number of H-pyrrole nitrogens is 1. The Bertz CT molecular complexity index is 705. The normalized spacial score (nSPS) is 11.1. The molecule has 2 aromatic rings. The van der Waals surface area contributed by atoms with Crippen molar-refractivity contribution < 1.29 is 8.42 Å². The molecule has 18 heavy (non-hydrogen) atoms. The van der Waals surface area contributed by atoms with E-state index in [0.29, 0.717) is 5.69 Å². The van der Waals surface area contributed by atoms with Crippen LogP contribution in [0, 0.1) is 0 Å². The number of anilines is 2. The third-order valence-electron chi connectivity index (χ3n) is 2.20. The van der Waals surface area contributed by atoms with Crippen molar-refractivity contribution in [1.29, 1.82) is 0 Å². The summed E-state index contributed by atoms with van der Waals surface area (Å²) < 4.78 is 26.2. The van der Waals surface area contributed by atoms with E-state index in [1.54, 1.807) is 0 Å². The molecule has 1 heterocycles. The molecule has 7 heteroatoms. The first kappa shape index (κ1) is 12.2. The SMILES string of the molecule is Nc1ccc(S(=O)(=O)Nc2cccc(=O)[nH]2)cc1. The van der Waals surface area contributed by atoms with E-state index < -0.39 is 10.0 Å². The van der Waals surface area contributed by atoms with Gasteiger partial charge in [0.05, 0.1) is 4.90 Å². The molecule has 0 spiro atoms. The van der Waals surface area contributed by atoms with Crippen molar-refractivity contribution >= 4 is 21.5 Å². The average molecular weight is 265 g/mol. The number of sulfonamides is 1. The lowest BCUT2D eigenvalue weighted by Crippen LogP contribution is -2.16. The van der Waals surface area contributed by atoms with Gasteiger partial charge in [-0.25, -0.2) is 8.42 Å². The molecule has 0 fully saturated rings. The second-order valence-electron chi connectivity index (χ2n) is 3.60. The minimum atomic E-state index is -3.72.